The van der Waals surface area contributed by atoms with Crippen LogP contribution < -0.4 is 9.80 Å². The lowest BCUT2D eigenvalue weighted by Crippen LogP contribution is -2.13. The predicted octanol–water partition coefficient (Wildman–Crippen LogP) is 3.05. The summed E-state index contributed by atoms with van der Waals surface area (Å²) in [4.78, 5) is 19.2. The van der Waals surface area contributed by atoms with Crippen molar-refractivity contribution in [2.24, 2.45) is 0 Å². The van der Waals surface area contributed by atoms with Gasteiger partial charge in [-0.3, -0.25) is 4.79 Å². The average molecular weight is 279 g/mol. The maximum absolute atomic E-state index is 10.9. The number of hydrogen-bond donors (Lipinski definition) is 0. The van der Waals surface area contributed by atoms with Gasteiger partial charge in [-0.1, -0.05) is 12.1 Å². The second kappa shape index (κ2) is 5.05. The summed E-state index contributed by atoms with van der Waals surface area (Å²) in [6.45, 7) is 0. The summed E-state index contributed by atoms with van der Waals surface area (Å²) in [5, 5.41) is 2.19. The van der Waals surface area contributed by atoms with E-state index in [2.05, 4.69) is 29.2 Å². The van der Waals surface area contributed by atoms with Gasteiger partial charge in [-0.25, -0.2) is 4.98 Å². The van der Waals surface area contributed by atoms with Crippen molar-refractivity contribution < 1.29 is 4.79 Å². The smallest absolute Gasteiger partial charge is 0.213 e. The second-order valence-corrected chi connectivity index (χ2v) is 5.35. The van der Waals surface area contributed by atoms with E-state index in [-0.39, 0.29) is 0 Å². The molecular weight excluding hydrogens is 262 g/mol. The minimum atomic E-state index is 0.798. The largest absolute Gasteiger partial charge is 0.378 e. The molecule has 0 unspecified atom stereocenters. The van der Waals surface area contributed by atoms with Crippen molar-refractivity contribution in [3.63, 3.8) is 0 Å². The fraction of sp³-hybridized carbons (Fsp3) is 0.176. The Morgan fingerprint density at radius 2 is 1.43 bits per heavy atom. The molecule has 0 saturated carbocycles. The molecule has 0 spiro atoms. The minimum absolute atomic E-state index is 0.798. The minimum Gasteiger partial charge on any atom is -0.378 e. The number of amides is 1. The number of aromatic nitrogens is 1. The maximum atomic E-state index is 10.9. The number of nitrogens with zero attached hydrogens (tertiary/aromatic N) is 3. The van der Waals surface area contributed by atoms with Crippen molar-refractivity contribution in [2.75, 3.05) is 30.9 Å². The van der Waals surface area contributed by atoms with E-state index in [1.165, 1.54) is 0 Å². The van der Waals surface area contributed by atoms with Gasteiger partial charge in [-0.2, -0.15) is 0 Å². The molecule has 0 radical (unpaired) electrons. The van der Waals surface area contributed by atoms with E-state index in [4.69, 9.17) is 4.98 Å². The van der Waals surface area contributed by atoms with Crippen LogP contribution in [0.5, 0.6) is 0 Å². The molecule has 0 aliphatic heterocycles. The number of fused-ring (bicyclic) bond motifs is 2. The van der Waals surface area contributed by atoms with Gasteiger partial charge >= 0.3 is 0 Å². The van der Waals surface area contributed by atoms with Gasteiger partial charge in [-0.05, 0) is 30.3 Å². The molecular formula is C17H17N3O. The number of carbonyl (C=O) groups excluding carboxylic acids is 1. The molecule has 4 nitrogen and oxygen atoms in total. The van der Waals surface area contributed by atoms with Crippen LogP contribution in [-0.4, -0.2) is 32.5 Å². The Bertz CT molecular complexity index is 827. The van der Waals surface area contributed by atoms with Gasteiger partial charge in [-0.15, -0.1) is 0 Å². The molecule has 1 heterocycles. The third-order valence-corrected chi connectivity index (χ3v) is 3.66. The van der Waals surface area contributed by atoms with Crippen LogP contribution in [0.1, 0.15) is 0 Å². The molecule has 0 fully saturated rings. The Kier molecular flexibility index (Phi) is 3.22. The summed E-state index contributed by atoms with van der Waals surface area (Å²) < 4.78 is 0. The van der Waals surface area contributed by atoms with Crippen LogP contribution in [0.15, 0.2) is 42.5 Å². The lowest BCUT2D eigenvalue weighted by atomic mass is 10.1. The van der Waals surface area contributed by atoms with Crippen molar-refractivity contribution in [1.82, 2.24) is 4.98 Å². The lowest BCUT2D eigenvalue weighted by molar-refractivity contribution is -0.107. The van der Waals surface area contributed by atoms with Crippen LogP contribution in [0, 0.1) is 0 Å². The van der Waals surface area contributed by atoms with E-state index in [1.54, 1.807) is 11.9 Å². The van der Waals surface area contributed by atoms with E-state index < -0.39 is 0 Å². The zero-order valence-corrected chi connectivity index (χ0v) is 12.4. The van der Waals surface area contributed by atoms with Crippen molar-refractivity contribution in [2.45, 2.75) is 0 Å². The van der Waals surface area contributed by atoms with Crippen molar-refractivity contribution in [3.8, 4) is 0 Å². The van der Waals surface area contributed by atoms with Gasteiger partial charge in [0.05, 0.1) is 11.0 Å². The highest BCUT2D eigenvalue weighted by Gasteiger charge is 2.05. The number of carbonyl (C=O) groups is 1. The molecule has 3 aromatic rings. The topological polar surface area (TPSA) is 36.4 Å². The van der Waals surface area contributed by atoms with Crippen molar-refractivity contribution in [3.05, 3.63) is 42.5 Å². The van der Waals surface area contributed by atoms with E-state index in [0.717, 1.165) is 39.6 Å². The standard InChI is InChI=1S/C17H17N3O/c1-19(2)14-6-4-12-8-13-5-7-15(20(3)11-21)10-17(13)18-16(12)9-14/h4-11H,1-3H3. The molecule has 2 aromatic carbocycles. The first-order chi connectivity index (χ1) is 10.1. The summed E-state index contributed by atoms with van der Waals surface area (Å²) in [6, 6.07) is 14.2. The fourth-order valence-corrected chi connectivity index (χ4v) is 2.36. The number of rotatable bonds is 3. The van der Waals surface area contributed by atoms with Crippen LogP contribution in [0.2, 0.25) is 0 Å². The van der Waals surface area contributed by atoms with Crippen LogP contribution in [0.3, 0.4) is 0 Å². The molecule has 21 heavy (non-hydrogen) atoms. The van der Waals surface area contributed by atoms with Gasteiger partial charge in [0, 0.05) is 43.3 Å². The highest BCUT2D eigenvalue weighted by Crippen LogP contribution is 2.26. The van der Waals surface area contributed by atoms with E-state index in [9.17, 15) is 4.79 Å². The van der Waals surface area contributed by atoms with Gasteiger partial charge in [0.15, 0.2) is 0 Å². The van der Waals surface area contributed by atoms with Gasteiger partial charge < -0.3 is 9.80 Å². The average Bonchev–Trinajstić information content (AvgIpc) is 2.50. The molecule has 1 aromatic heterocycles. The zero-order chi connectivity index (χ0) is 15.0. The SMILES string of the molecule is CN(C)c1ccc2cc3ccc(N(C)C=O)cc3nc2c1. The quantitative estimate of drug-likeness (QED) is 0.546. The highest BCUT2D eigenvalue weighted by atomic mass is 16.1. The Balaban J connectivity index is 2.21. The summed E-state index contributed by atoms with van der Waals surface area (Å²) in [7, 11) is 5.76. The fourth-order valence-electron chi connectivity index (χ4n) is 2.36. The molecule has 0 bridgehead atoms. The first-order valence-electron chi connectivity index (χ1n) is 6.78. The van der Waals surface area contributed by atoms with Crippen LogP contribution in [0.25, 0.3) is 21.8 Å². The van der Waals surface area contributed by atoms with Gasteiger partial charge in [0.2, 0.25) is 6.41 Å². The number of hydrogen-bond acceptors (Lipinski definition) is 3. The molecule has 0 aliphatic carbocycles. The van der Waals surface area contributed by atoms with E-state index in [1.807, 2.05) is 32.3 Å². The van der Waals surface area contributed by atoms with E-state index >= 15 is 0 Å². The van der Waals surface area contributed by atoms with E-state index in [0.29, 0.717) is 0 Å². The number of pyridine rings is 1. The summed E-state index contributed by atoms with van der Waals surface area (Å²) >= 11 is 0. The Morgan fingerprint density at radius 1 is 0.857 bits per heavy atom. The monoisotopic (exact) mass is 279 g/mol. The molecule has 1 amide bonds. The normalized spacial score (nSPS) is 10.8. The molecule has 0 N–H and O–H groups in total. The predicted molar refractivity (Wildman–Crippen MR) is 88.0 cm³/mol. The number of anilines is 2. The summed E-state index contributed by atoms with van der Waals surface area (Å²) in [5.74, 6) is 0. The van der Waals surface area contributed by atoms with Crippen LogP contribution in [-0.2, 0) is 4.79 Å². The molecule has 3 rings (SSSR count). The first-order valence-corrected chi connectivity index (χ1v) is 6.78. The Labute approximate surface area is 123 Å². The highest BCUT2D eigenvalue weighted by molar-refractivity contribution is 5.95. The summed E-state index contributed by atoms with van der Waals surface area (Å²) in [6.07, 6.45) is 0.798. The van der Waals surface area contributed by atoms with Crippen molar-refractivity contribution >= 4 is 39.6 Å². The molecule has 0 aliphatic rings. The Morgan fingerprint density at radius 3 is 2.00 bits per heavy atom. The zero-order valence-electron chi connectivity index (χ0n) is 12.4. The van der Waals surface area contributed by atoms with Crippen LogP contribution in [0.4, 0.5) is 11.4 Å². The van der Waals surface area contributed by atoms with Crippen molar-refractivity contribution in [1.29, 1.82) is 0 Å². The number of benzene rings is 2. The van der Waals surface area contributed by atoms with Gasteiger partial charge in [0.1, 0.15) is 0 Å². The maximum Gasteiger partial charge on any atom is 0.213 e. The second-order valence-electron chi connectivity index (χ2n) is 5.35. The molecule has 4 heteroatoms. The first kappa shape index (κ1) is 13.4. The third kappa shape index (κ3) is 2.40. The molecule has 0 atom stereocenters. The lowest BCUT2D eigenvalue weighted by Gasteiger charge is -2.14. The third-order valence-electron chi connectivity index (χ3n) is 3.66. The van der Waals surface area contributed by atoms with Gasteiger partial charge in [0.25, 0.3) is 0 Å². The Hall–Kier alpha value is -2.62. The molecule has 0 saturated heterocycles. The van der Waals surface area contributed by atoms with Crippen LogP contribution >= 0.6 is 0 Å². The summed E-state index contributed by atoms with van der Waals surface area (Å²) in [5.41, 5.74) is 3.81. The molecule has 106 valence electrons.